The highest BCUT2D eigenvalue weighted by molar-refractivity contribution is 9.10. The Morgan fingerprint density at radius 1 is 1.21 bits per heavy atom. The van der Waals surface area contributed by atoms with Gasteiger partial charge in [-0.1, -0.05) is 13.8 Å². The zero-order chi connectivity index (χ0) is 13.8. The summed E-state index contributed by atoms with van der Waals surface area (Å²) in [5, 5.41) is 19.2. The summed E-state index contributed by atoms with van der Waals surface area (Å²) in [6.45, 7) is 5.78. The van der Waals surface area contributed by atoms with E-state index in [1.54, 1.807) is 12.4 Å². The smallest absolute Gasteiger partial charge is 0.138 e. The van der Waals surface area contributed by atoms with Crippen LogP contribution in [0.2, 0.25) is 0 Å². The Morgan fingerprint density at radius 3 is 2.58 bits per heavy atom. The zero-order valence-corrected chi connectivity index (χ0v) is 12.8. The van der Waals surface area contributed by atoms with Gasteiger partial charge in [0, 0.05) is 19.3 Å². The van der Waals surface area contributed by atoms with Crippen LogP contribution in [0.25, 0.3) is 0 Å². The third-order valence-electron chi connectivity index (χ3n) is 2.99. The summed E-state index contributed by atoms with van der Waals surface area (Å²) < 4.78 is 4.52. The maximum absolute atomic E-state index is 10.6. The molecule has 0 bridgehead atoms. The lowest BCUT2D eigenvalue weighted by atomic mass is 10.2. The second-order valence-electron chi connectivity index (χ2n) is 4.48. The SMILES string of the molecule is CCCn1nccc1C(O)c1c(Br)cnn1CCC. The molecule has 2 heterocycles. The van der Waals surface area contributed by atoms with Crippen LogP contribution < -0.4 is 0 Å². The Bertz CT molecular complexity index is 534. The maximum atomic E-state index is 10.6. The van der Waals surface area contributed by atoms with Crippen molar-refractivity contribution in [2.75, 3.05) is 0 Å². The molecule has 0 spiro atoms. The third kappa shape index (κ3) is 2.90. The Balaban J connectivity index is 2.35. The fourth-order valence-electron chi connectivity index (χ4n) is 2.15. The van der Waals surface area contributed by atoms with Crippen molar-refractivity contribution in [3.8, 4) is 0 Å². The first-order valence-corrected chi connectivity index (χ1v) is 7.39. The highest BCUT2D eigenvalue weighted by atomic mass is 79.9. The van der Waals surface area contributed by atoms with Crippen LogP contribution in [0.1, 0.15) is 44.2 Å². The van der Waals surface area contributed by atoms with E-state index in [1.165, 1.54) is 0 Å². The summed E-state index contributed by atoms with van der Waals surface area (Å²) in [5.74, 6) is 0. The van der Waals surface area contributed by atoms with Crippen molar-refractivity contribution < 1.29 is 5.11 Å². The van der Waals surface area contributed by atoms with E-state index < -0.39 is 6.10 Å². The lowest BCUT2D eigenvalue weighted by Crippen LogP contribution is -2.15. The number of aliphatic hydroxyl groups excluding tert-OH is 1. The monoisotopic (exact) mass is 326 g/mol. The van der Waals surface area contributed by atoms with Crippen LogP contribution in [-0.4, -0.2) is 24.7 Å². The maximum Gasteiger partial charge on any atom is 0.138 e. The van der Waals surface area contributed by atoms with Crippen molar-refractivity contribution in [2.45, 2.75) is 45.9 Å². The molecule has 2 rings (SSSR count). The van der Waals surface area contributed by atoms with Crippen molar-refractivity contribution in [3.05, 3.63) is 34.3 Å². The molecule has 0 aromatic carbocycles. The van der Waals surface area contributed by atoms with Gasteiger partial charge in [-0.3, -0.25) is 9.36 Å². The Morgan fingerprint density at radius 2 is 1.89 bits per heavy atom. The topological polar surface area (TPSA) is 55.9 Å². The van der Waals surface area contributed by atoms with E-state index >= 15 is 0 Å². The van der Waals surface area contributed by atoms with E-state index in [2.05, 4.69) is 40.0 Å². The van der Waals surface area contributed by atoms with Gasteiger partial charge in [0.25, 0.3) is 0 Å². The van der Waals surface area contributed by atoms with Crippen molar-refractivity contribution >= 4 is 15.9 Å². The highest BCUT2D eigenvalue weighted by Crippen LogP contribution is 2.28. The molecular weight excluding hydrogens is 308 g/mol. The first kappa shape index (κ1) is 14.3. The number of nitrogens with zero attached hydrogens (tertiary/aromatic N) is 4. The van der Waals surface area contributed by atoms with Crippen LogP contribution in [0.3, 0.4) is 0 Å². The lowest BCUT2D eigenvalue weighted by Gasteiger charge is -2.15. The molecule has 0 amide bonds. The largest absolute Gasteiger partial charge is 0.380 e. The first-order chi connectivity index (χ1) is 9.19. The molecule has 1 atom stereocenters. The summed E-state index contributed by atoms with van der Waals surface area (Å²) in [6.07, 6.45) is 4.70. The average Bonchev–Trinajstić information content (AvgIpc) is 2.97. The molecule has 0 radical (unpaired) electrons. The Hall–Kier alpha value is -1.14. The number of hydrogen-bond acceptors (Lipinski definition) is 3. The zero-order valence-electron chi connectivity index (χ0n) is 11.3. The number of hydrogen-bond donors (Lipinski definition) is 1. The molecule has 2 aromatic rings. The van der Waals surface area contributed by atoms with Gasteiger partial charge in [-0.2, -0.15) is 10.2 Å². The van der Waals surface area contributed by atoms with Gasteiger partial charge >= 0.3 is 0 Å². The minimum atomic E-state index is -0.711. The molecule has 19 heavy (non-hydrogen) atoms. The molecule has 1 unspecified atom stereocenters. The second kappa shape index (κ2) is 6.34. The summed E-state index contributed by atoms with van der Waals surface area (Å²) in [5.41, 5.74) is 1.60. The van der Waals surface area contributed by atoms with Gasteiger partial charge in [-0.05, 0) is 34.8 Å². The van der Waals surface area contributed by atoms with Crippen LogP contribution >= 0.6 is 15.9 Å². The van der Waals surface area contributed by atoms with Crippen molar-refractivity contribution in [3.63, 3.8) is 0 Å². The number of aliphatic hydroxyl groups is 1. The molecule has 1 N–H and O–H groups in total. The molecule has 0 aliphatic carbocycles. The van der Waals surface area contributed by atoms with Crippen LogP contribution in [0.15, 0.2) is 22.9 Å². The fourth-order valence-corrected chi connectivity index (χ4v) is 2.66. The highest BCUT2D eigenvalue weighted by Gasteiger charge is 2.22. The molecule has 0 aliphatic heterocycles. The van der Waals surface area contributed by atoms with Crippen LogP contribution in [-0.2, 0) is 13.1 Å². The van der Waals surface area contributed by atoms with Gasteiger partial charge in [0.1, 0.15) is 6.10 Å². The molecule has 0 aliphatic rings. The van der Waals surface area contributed by atoms with Gasteiger partial charge in [-0.25, -0.2) is 0 Å². The van der Waals surface area contributed by atoms with Crippen molar-refractivity contribution in [2.24, 2.45) is 0 Å². The average molecular weight is 327 g/mol. The summed E-state index contributed by atoms with van der Waals surface area (Å²) >= 11 is 3.46. The molecule has 0 saturated carbocycles. The van der Waals surface area contributed by atoms with Crippen LogP contribution in [0.5, 0.6) is 0 Å². The van der Waals surface area contributed by atoms with Gasteiger partial charge in [0.2, 0.25) is 0 Å². The van der Waals surface area contributed by atoms with Crippen molar-refractivity contribution in [1.82, 2.24) is 19.6 Å². The molecule has 5 nitrogen and oxygen atoms in total. The van der Waals surface area contributed by atoms with E-state index in [9.17, 15) is 5.11 Å². The fraction of sp³-hybridized carbons (Fsp3) is 0.538. The Labute approximate surface area is 121 Å². The van der Waals surface area contributed by atoms with Gasteiger partial charge < -0.3 is 5.11 Å². The second-order valence-corrected chi connectivity index (χ2v) is 5.34. The third-order valence-corrected chi connectivity index (χ3v) is 3.60. The van der Waals surface area contributed by atoms with E-state index in [0.29, 0.717) is 0 Å². The number of rotatable bonds is 6. The van der Waals surface area contributed by atoms with E-state index in [0.717, 1.165) is 41.8 Å². The summed E-state index contributed by atoms with van der Waals surface area (Å²) in [7, 11) is 0. The normalized spacial score (nSPS) is 12.8. The predicted octanol–water partition coefficient (Wildman–Crippen LogP) is 2.74. The van der Waals surface area contributed by atoms with Crippen LogP contribution in [0.4, 0.5) is 0 Å². The number of aromatic nitrogens is 4. The minimum Gasteiger partial charge on any atom is -0.380 e. The molecule has 0 saturated heterocycles. The quantitative estimate of drug-likeness (QED) is 0.888. The van der Waals surface area contributed by atoms with Gasteiger partial charge in [0.15, 0.2) is 0 Å². The van der Waals surface area contributed by atoms with Gasteiger partial charge in [0.05, 0.1) is 22.1 Å². The van der Waals surface area contributed by atoms with Crippen LogP contribution in [0, 0.1) is 0 Å². The lowest BCUT2D eigenvalue weighted by molar-refractivity contribution is 0.194. The molecular formula is C13H19BrN4O. The predicted molar refractivity (Wildman–Crippen MR) is 76.8 cm³/mol. The number of halogens is 1. The molecule has 2 aromatic heterocycles. The summed E-state index contributed by atoms with van der Waals surface area (Å²) in [6, 6.07) is 1.86. The first-order valence-electron chi connectivity index (χ1n) is 6.60. The van der Waals surface area contributed by atoms with E-state index in [-0.39, 0.29) is 0 Å². The standard InChI is InChI=1S/C13H19BrN4O/c1-3-7-17-11(5-6-15-17)13(19)12-10(14)9-16-18(12)8-4-2/h5-6,9,13,19H,3-4,7-8H2,1-2H3. The van der Waals surface area contributed by atoms with E-state index in [1.807, 2.05) is 15.4 Å². The number of aryl methyl sites for hydroxylation is 2. The molecule has 6 heteroatoms. The van der Waals surface area contributed by atoms with Crippen molar-refractivity contribution in [1.29, 1.82) is 0 Å². The summed E-state index contributed by atoms with van der Waals surface area (Å²) in [4.78, 5) is 0. The minimum absolute atomic E-state index is 0.711. The molecule has 0 fully saturated rings. The molecule has 104 valence electrons. The van der Waals surface area contributed by atoms with E-state index in [4.69, 9.17) is 0 Å². The van der Waals surface area contributed by atoms with Gasteiger partial charge in [-0.15, -0.1) is 0 Å². The Kier molecular flexibility index (Phi) is 4.76.